The van der Waals surface area contributed by atoms with Gasteiger partial charge in [0.25, 0.3) is 0 Å². The molecule has 1 aliphatic rings. The average molecular weight is 344 g/mol. The monoisotopic (exact) mass is 342 g/mol. The molecular weight excluding hydrogens is 323 g/mol. The van der Waals surface area contributed by atoms with E-state index in [0.29, 0.717) is 0 Å². The van der Waals surface area contributed by atoms with Gasteiger partial charge in [-0.05, 0) is 0 Å². The second-order valence-electron chi connectivity index (χ2n) is 6.04. The van der Waals surface area contributed by atoms with Gasteiger partial charge in [-0.3, -0.25) is 0 Å². The van der Waals surface area contributed by atoms with Crippen LogP contribution in [0.15, 0.2) is 60.2 Å². The van der Waals surface area contributed by atoms with Crippen molar-refractivity contribution in [1.29, 1.82) is 0 Å². The molecule has 2 heteroatoms. The Balaban J connectivity index is 2.10. The van der Waals surface area contributed by atoms with Gasteiger partial charge in [0.15, 0.2) is 0 Å². The predicted octanol–water partition coefficient (Wildman–Crippen LogP) is 2.95. The van der Waals surface area contributed by atoms with Crippen molar-refractivity contribution in [3.05, 3.63) is 71.3 Å². The summed E-state index contributed by atoms with van der Waals surface area (Å²) in [5, 5.41) is 0. The van der Waals surface area contributed by atoms with Gasteiger partial charge in [-0.25, -0.2) is 0 Å². The van der Waals surface area contributed by atoms with Crippen molar-refractivity contribution < 1.29 is 19.4 Å². The fraction of sp³-hybridized carbons (Fsp3) is 0.176. The molecule has 2 aromatic rings. The van der Waals surface area contributed by atoms with Crippen LogP contribution in [0.4, 0.5) is 0 Å². The normalized spacial score (nSPS) is 20.7. The van der Waals surface area contributed by atoms with Crippen molar-refractivity contribution in [2.75, 3.05) is 0 Å². The van der Waals surface area contributed by atoms with Gasteiger partial charge in [0.2, 0.25) is 0 Å². The van der Waals surface area contributed by atoms with Crippen molar-refractivity contribution in [2.45, 2.75) is 15.2 Å². The standard InChI is InChI=1S/C10H9.C6H5.CH3.H3Si.Zr/c1-8-6-9-4-2-3-5-10(9)7-8;1-2-4-6-5-3-1;;;/h2-7H,1H3;1-5H;2*1H3;. The predicted molar refractivity (Wildman–Crippen MR) is 84.7 cm³/mol. The Bertz CT molecular complexity index is 629. The number of rotatable bonds is 2. The van der Waals surface area contributed by atoms with Gasteiger partial charge in [-0.2, -0.15) is 0 Å². The zero-order valence-corrected chi connectivity index (χ0v) is 16.3. The van der Waals surface area contributed by atoms with E-state index in [9.17, 15) is 0 Å². The summed E-state index contributed by atoms with van der Waals surface area (Å²) >= 11 is -2.23. The van der Waals surface area contributed by atoms with Crippen LogP contribution in [0.25, 0.3) is 6.08 Å². The number of allylic oxidation sites excluding steroid dienone is 1. The second-order valence-corrected chi connectivity index (χ2v) is 29.6. The molecule has 0 saturated heterocycles. The molecule has 0 fully saturated rings. The van der Waals surface area contributed by atoms with E-state index in [2.05, 4.69) is 72.2 Å². The fourth-order valence-electron chi connectivity index (χ4n) is 3.47. The van der Waals surface area contributed by atoms with E-state index < -0.39 is 19.4 Å². The van der Waals surface area contributed by atoms with Crippen molar-refractivity contribution in [1.82, 2.24) is 0 Å². The summed E-state index contributed by atoms with van der Waals surface area (Å²) in [4.78, 5) is 0. The van der Waals surface area contributed by atoms with Gasteiger partial charge in [0.1, 0.15) is 0 Å². The van der Waals surface area contributed by atoms with Gasteiger partial charge in [0.05, 0.1) is 0 Å². The molecule has 0 bridgehead atoms. The van der Waals surface area contributed by atoms with Crippen molar-refractivity contribution in [3.63, 3.8) is 0 Å². The SMILES string of the molecule is CC1=Cc2ccccc2[CH]1[Zr]([CH3])([SiH3])[c]1ccccc1. The molecule has 3 rings (SSSR count). The summed E-state index contributed by atoms with van der Waals surface area (Å²) in [5.41, 5.74) is 4.65. The van der Waals surface area contributed by atoms with Crippen molar-refractivity contribution in [3.8, 4) is 0 Å². The van der Waals surface area contributed by atoms with Crippen molar-refractivity contribution >= 4 is 16.7 Å². The summed E-state index contributed by atoms with van der Waals surface area (Å²) in [6, 6.07) is 20.3. The number of hydrogen-bond acceptors (Lipinski definition) is 0. The third-order valence-corrected chi connectivity index (χ3v) is 21.1. The minimum atomic E-state index is -2.23. The van der Waals surface area contributed by atoms with Crippen LogP contribution in [0.2, 0.25) is 4.63 Å². The fourth-order valence-corrected chi connectivity index (χ4v) is 18.9. The summed E-state index contributed by atoms with van der Waals surface area (Å²) in [7, 11) is 1.35. The summed E-state index contributed by atoms with van der Waals surface area (Å²) < 4.78 is 5.05. The summed E-state index contributed by atoms with van der Waals surface area (Å²) in [6.45, 7) is 2.33. The van der Waals surface area contributed by atoms with E-state index in [4.69, 9.17) is 0 Å². The first-order valence-corrected chi connectivity index (χ1v) is 20.4. The van der Waals surface area contributed by atoms with E-state index in [0.717, 1.165) is 3.63 Å². The molecule has 2 atom stereocenters. The molecule has 0 aromatic heterocycles. The molecule has 2 unspecified atom stereocenters. The van der Waals surface area contributed by atoms with Gasteiger partial charge < -0.3 is 0 Å². The number of fused-ring (bicyclic) bond motifs is 1. The molecule has 0 aliphatic heterocycles. The van der Waals surface area contributed by atoms with Gasteiger partial charge in [-0.1, -0.05) is 0 Å². The van der Waals surface area contributed by atoms with E-state index in [1.165, 1.54) is 12.9 Å². The van der Waals surface area contributed by atoms with E-state index in [1.54, 1.807) is 14.4 Å². The molecule has 96 valence electrons. The maximum absolute atomic E-state index is 2.63. The first-order chi connectivity index (χ1) is 9.10. The van der Waals surface area contributed by atoms with Crippen LogP contribution in [0.3, 0.4) is 0 Å². The number of benzene rings is 2. The molecule has 0 heterocycles. The van der Waals surface area contributed by atoms with E-state index in [-0.39, 0.29) is 0 Å². The average Bonchev–Trinajstić information content (AvgIpc) is 2.76. The van der Waals surface area contributed by atoms with Crippen LogP contribution >= 0.6 is 0 Å². The Morgan fingerprint density at radius 2 is 1.58 bits per heavy atom. The van der Waals surface area contributed by atoms with Gasteiger partial charge >= 0.3 is 123 Å². The molecule has 0 nitrogen and oxygen atoms in total. The molecule has 0 amide bonds. The molecule has 0 N–H and O–H groups in total. The minimum absolute atomic E-state index is 0.750. The Kier molecular flexibility index (Phi) is 3.49. The zero-order chi connectivity index (χ0) is 13.5. The first-order valence-electron chi connectivity index (χ1n) is 6.93. The molecule has 0 saturated carbocycles. The molecule has 19 heavy (non-hydrogen) atoms. The zero-order valence-electron chi connectivity index (χ0n) is 11.9. The Hall–Kier alpha value is -0.720. The maximum atomic E-state index is 2.63. The van der Waals surface area contributed by atoms with E-state index in [1.807, 2.05) is 0 Å². The molecule has 0 spiro atoms. The topological polar surface area (TPSA) is 0 Å². The van der Waals surface area contributed by atoms with Crippen LogP contribution in [-0.4, -0.2) is 7.37 Å². The van der Waals surface area contributed by atoms with Crippen LogP contribution in [0.5, 0.6) is 0 Å². The van der Waals surface area contributed by atoms with Gasteiger partial charge in [-0.15, -0.1) is 0 Å². The van der Waals surface area contributed by atoms with Crippen LogP contribution in [0.1, 0.15) is 21.7 Å². The molecular formula is C17H20SiZr. The van der Waals surface area contributed by atoms with Crippen molar-refractivity contribution in [2.24, 2.45) is 0 Å². The molecule has 2 aromatic carbocycles. The second kappa shape index (κ2) is 5.00. The Morgan fingerprint density at radius 3 is 2.32 bits per heavy atom. The Morgan fingerprint density at radius 1 is 0.947 bits per heavy atom. The van der Waals surface area contributed by atoms with Crippen LogP contribution in [-0.2, 0) is 19.4 Å². The van der Waals surface area contributed by atoms with Crippen LogP contribution in [0, 0.1) is 0 Å². The number of hydrogen-bond donors (Lipinski definition) is 0. The van der Waals surface area contributed by atoms with Crippen LogP contribution < -0.4 is 3.27 Å². The summed E-state index contributed by atoms with van der Waals surface area (Å²) in [5.74, 6) is 0. The van der Waals surface area contributed by atoms with E-state index >= 15 is 0 Å². The quantitative estimate of drug-likeness (QED) is 0.736. The third-order valence-electron chi connectivity index (χ3n) is 4.39. The Labute approximate surface area is 122 Å². The molecule has 0 radical (unpaired) electrons. The third kappa shape index (κ3) is 2.26. The molecule has 1 aliphatic carbocycles. The first kappa shape index (κ1) is 13.3. The van der Waals surface area contributed by atoms with Gasteiger partial charge in [0, 0.05) is 0 Å². The summed E-state index contributed by atoms with van der Waals surface area (Å²) in [6.07, 6.45) is 2.41.